The maximum absolute atomic E-state index is 3.99. The molecule has 0 aliphatic heterocycles. The number of aromatic nitrogens is 3. The second kappa shape index (κ2) is 6.34. The Morgan fingerprint density at radius 3 is 2.92 bits per heavy atom. The fourth-order valence-electron chi connectivity index (χ4n) is 1.31. The topological polar surface area (TPSA) is 30.7 Å². The van der Waals surface area contributed by atoms with Gasteiger partial charge in [0, 0.05) is 0 Å². The first-order valence-corrected chi connectivity index (χ1v) is 6.34. The lowest BCUT2D eigenvalue weighted by atomic mass is 10.1. The first-order valence-electron chi connectivity index (χ1n) is 4.81. The first kappa shape index (κ1) is 10.9. The van der Waals surface area contributed by atoms with Crippen LogP contribution in [0.4, 0.5) is 0 Å². The van der Waals surface area contributed by atoms with Gasteiger partial charge < -0.3 is 0 Å². The molecule has 0 N–H and O–H groups in total. The number of nitrogens with zero attached hydrogens (tertiary/aromatic N) is 3. The number of unbranched alkanes of at least 4 members (excludes halogenated alkanes) is 3. The van der Waals surface area contributed by atoms with E-state index in [1.165, 1.54) is 31.4 Å². The van der Waals surface area contributed by atoms with Crippen molar-refractivity contribution in [3.05, 3.63) is 11.9 Å². The summed E-state index contributed by atoms with van der Waals surface area (Å²) < 4.78 is 2.87. The highest BCUT2D eigenvalue weighted by molar-refractivity contribution is 14.1. The van der Waals surface area contributed by atoms with E-state index in [0.717, 1.165) is 11.0 Å². The summed E-state index contributed by atoms with van der Waals surface area (Å²) in [6, 6.07) is 0. The normalized spacial score (nSPS) is 10.6. The van der Waals surface area contributed by atoms with Gasteiger partial charge in [-0.3, -0.25) is 0 Å². The average Bonchev–Trinajstić information content (AvgIpc) is 2.60. The summed E-state index contributed by atoms with van der Waals surface area (Å²) in [7, 11) is 0. The molecule has 1 aromatic rings. The van der Waals surface area contributed by atoms with Crippen molar-refractivity contribution in [3.8, 4) is 0 Å². The molecule has 74 valence electrons. The molecule has 0 unspecified atom stereocenters. The number of hydrogen-bond donors (Lipinski definition) is 0. The van der Waals surface area contributed by atoms with E-state index in [-0.39, 0.29) is 0 Å². The molecule has 0 aliphatic carbocycles. The Morgan fingerprint density at radius 2 is 2.23 bits per heavy atom. The van der Waals surface area contributed by atoms with Crippen molar-refractivity contribution in [1.82, 2.24) is 15.0 Å². The monoisotopic (exact) mass is 293 g/mol. The number of halogens is 1. The fourth-order valence-corrected chi connectivity index (χ4v) is 1.88. The minimum Gasteiger partial charge on any atom is -0.240 e. The predicted octanol–water partition coefficient (Wildman–Crippen LogP) is 2.79. The summed E-state index contributed by atoms with van der Waals surface area (Å²) >= 11 is 2.30. The Kier molecular flexibility index (Phi) is 5.34. The SMILES string of the molecule is CCCCCCc1cnnn1CI. The zero-order valence-electron chi connectivity index (χ0n) is 8.04. The molecular weight excluding hydrogens is 277 g/mol. The molecule has 0 spiro atoms. The second-order valence-corrected chi connectivity index (χ2v) is 3.84. The van der Waals surface area contributed by atoms with Crippen LogP contribution in [0, 0.1) is 0 Å². The molecule has 1 rings (SSSR count). The summed E-state index contributed by atoms with van der Waals surface area (Å²) in [6.45, 7) is 2.23. The van der Waals surface area contributed by atoms with Crippen LogP contribution in [0.1, 0.15) is 38.3 Å². The van der Waals surface area contributed by atoms with Crippen LogP contribution in [0.25, 0.3) is 0 Å². The summed E-state index contributed by atoms with van der Waals surface area (Å²) in [5.74, 6) is 0. The zero-order valence-corrected chi connectivity index (χ0v) is 10.2. The van der Waals surface area contributed by atoms with Gasteiger partial charge in [0.25, 0.3) is 0 Å². The molecule has 0 fully saturated rings. The largest absolute Gasteiger partial charge is 0.240 e. The first-order chi connectivity index (χ1) is 6.38. The second-order valence-electron chi connectivity index (χ2n) is 3.16. The van der Waals surface area contributed by atoms with Gasteiger partial charge in [0.1, 0.15) is 0 Å². The Balaban J connectivity index is 2.27. The van der Waals surface area contributed by atoms with Crippen LogP contribution in [0.3, 0.4) is 0 Å². The van der Waals surface area contributed by atoms with E-state index in [2.05, 4.69) is 39.8 Å². The number of aryl methyl sites for hydroxylation is 1. The molecule has 0 aromatic carbocycles. The molecule has 0 radical (unpaired) electrons. The van der Waals surface area contributed by atoms with Gasteiger partial charge in [-0.05, 0) is 12.8 Å². The third-order valence-electron chi connectivity index (χ3n) is 2.10. The van der Waals surface area contributed by atoms with E-state index in [1.54, 1.807) is 0 Å². The summed E-state index contributed by atoms with van der Waals surface area (Å²) in [5.41, 5.74) is 1.27. The zero-order chi connectivity index (χ0) is 9.52. The summed E-state index contributed by atoms with van der Waals surface area (Å²) in [5, 5.41) is 7.89. The lowest BCUT2D eigenvalue weighted by molar-refractivity contribution is 0.623. The number of hydrogen-bond acceptors (Lipinski definition) is 2. The van der Waals surface area contributed by atoms with E-state index in [9.17, 15) is 0 Å². The van der Waals surface area contributed by atoms with Crippen LogP contribution in [0.5, 0.6) is 0 Å². The molecule has 1 heterocycles. The van der Waals surface area contributed by atoms with Crippen LogP contribution >= 0.6 is 22.6 Å². The van der Waals surface area contributed by atoms with Gasteiger partial charge in [-0.2, -0.15) is 0 Å². The van der Waals surface area contributed by atoms with E-state index in [1.807, 2.05) is 10.9 Å². The minimum absolute atomic E-state index is 0.904. The van der Waals surface area contributed by atoms with Crippen LogP contribution in [0.2, 0.25) is 0 Å². The van der Waals surface area contributed by atoms with Crippen molar-refractivity contribution >= 4 is 22.6 Å². The minimum atomic E-state index is 0.904. The molecule has 0 bridgehead atoms. The van der Waals surface area contributed by atoms with E-state index >= 15 is 0 Å². The maximum Gasteiger partial charge on any atom is 0.0944 e. The van der Waals surface area contributed by atoms with Crippen molar-refractivity contribution in [2.45, 2.75) is 43.6 Å². The smallest absolute Gasteiger partial charge is 0.0944 e. The van der Waals surface area contributed by atoms with E-state index in [0.29, 0.717) is 0 Å². The Labute approximate surface area is 93.0 Å². The Morgan fingerprint density at radius 1 is 1.38 bits per heavy atom. The quantitative estimate of drug-likeness (QED) is 0.459. The fraction of sp³-hybridized carbons (Fsp3) is 0.778. The van der Waals surface area contributed by atoms with Crippen LogP contribution in [-0.2, 0) is 11.0 Å². The molecule has 0 saturated carbocycles. The van der Waals surface area contributed by atoms with Gasteiger partial charge >= 0.3 is 0 Å². The number of rotatable bonds is 6. The van der Waals surface area contributed by atoms with Crippen molar-refractivity contribution in [1.29, 1.82) is 0 Å². The maximum atomic E-state index is 3.99. The molecule has 0 amide bonds. The van der Waals surface area contributed by atoms with Crippen molar-refractivity contribution < 1.29 is 0 Å². The van der Waals surface area contributed by atoms with Gasteiger partial charge in [0.15, 0.2) is 0 Å². The van der Waals surface area contributed by atoms with Gasteiger partial charge in [0.2, 0.25) is 0 Å². The number of alkyl halides is 1. The lowest BCUT2D eigenvalue weighted by Crippen LogP contribution is -2.00. The lowest BCUT2D eigenvalue weighted by Gasteiger charge is -2.01. The molecule has 4 heteroatoms. The molecule has 13 heavy (non-hydrogen) atoms. The van der Waals surface area contributed by atoms with Crippen molar-refractivity contribution in [2.24, 2.45) is 0 Å². The van der Waals surface area contributed by atoms with Crippen LogP contribution < -0.4 is 0 Å². The third-order valence-corrected chi connectivity index (χ3v) is 2.74. The third kappa shape index (κ3) is 3.62. The molecule has 3 nitrogen and oxygen atoms in total. The van der Waals surface area contributed by atoms with E-state index < -0.39 is 0 Å². The predicted molar refractivity (Wildman–Crippen MR) is 61.9 cm³/mol. The molecule has 0 aliphatic rings. The van der Waals surface area contributed by atoms with Gasteiger partial charge in [-0.1, -0.05) is 54.0 Å². The molecule has 0 atom stereocenters. The highest BCUT2D eigenvalue weighted by atomic mass is 127. The standard InChI is InChI=1S/C9H16IN3/c1-2-3-4-5-6-9-7-11-12-13(9)8-10/h7H,2-6,8H2,1H3. The molecule has 0 saturated heterocycles. The van der Waals surface area contributed by atoms with E-state index in [4.69, 9.17) is 0 Å². The highest BCUT2D eigenvalue weighted by Gasteiger charge is 2.00. The Bertz CT molecular complexity index is 235. The van der Waals surface area contributed by atoms with Crippen molar-refractivity contribution in [2.75, 3.05) is 0 Å². The Hall–Kier alpha value is -0.130. The van der Waals surface area contributed by atoms with Crippen LogP contribution in [0.15, 0.2) is 6.20 Å². The van der Waals surface area contributed by atoms with Crippen molar-refractivity contribution in [3.63, 3.8) is 0 Å². The van der Waals surface area contributed by atoms with Gasteiger partial charge in [0.05, 0.1) is 16.4 Å². The summed E-state index contributed by atoms with van der Waals surface area (Å²) in [4.78, 5) is 0. The van der Waals surface area contributed by atoms with Gasteiger partial charge in [-0.25, -0.2) is 4.68 Å². The molecular formula is C9H16IN3. The highest BCUT2D eigenvalue weighted by Crippen LogP contribution is 2.07. The molecule has 1 aromatic heterocycles. The van der Waals surface area contributed by atoms with Crippen LogP contribution in [-0.4, -0.2) is 15.0 Å². The summed E-state index contributed by atoms with van der Waals surface area (Å²) in [6.07, 6.45) is 8.22. The average molecular weight is 293 g/mol. The van der Waals surface area contributed by atoms with Gasteiger partial charge in [-0.15, -0.1) is 5.10 Å².